The predicted octanol–water partition coefficient (Wildman–Crippen LogP) is 4.43. The first-order valence-corrected chi connectivity index (χ1v) is 6.78. The summed E-state index contributed by atoms with van der Waals surface area (Å²) >= 11 is 0. The van der Waals surface area contributed by atoms with Crippen molar-refractivity contribution in [3.8, 4) is 0 Å². The van der Waals surface area contributed by atoms with Gasteiger partial charge in [-0.25, -0.2) is 4.79 Å². The Bertz CT molecular complexity index is 311. The summed E-state index contributed by atoms with van der Waals surface area (Å²) in [6.07, 6.45) is 14.1. The molecule has 0 rings (SSSR count). The van der Waals surface area contributed by atoms with Crippen molar-refractivity contribution in [3.63, 3.8) is 0 Å². The van der Waals surface area contributed by atoms with Crippen molar-refractivity contribution in [3.05, 3.63) is 36.0 Å². The van der Waals surface area contributed by atoms with Gasteiger partial charge in [-0.1, -0.05) is 57.9 Å². The van der Waals surface area contributed by atoms with E-state index in [9.17, 15) is 4.79 Å². The summed E-state index contributed by atoms with van der Waals surface area (Å²) in [5.74, 6) is 0.240. The Morgan fingerprint density at radius 3 is 2.44 bits per heavy atom. The van der Waals surface area contributed by atoms with E-state index in [0.717, 1.165) is 12.8 Å². The number of esters is 1. The number of methoxy groups -OCH3 is 1. The van der Waals surface area contributed by atoms with Gasteiger partial charge in [-0.05, 0) is 24.3 Å². The third-order valence-electron chi connectivity index (χ3n) is 2.95. The van der Waals surface area contributed by atoms with Crippen molar-refractivity contribution in [2.45, 2.75) is 46.5 Å². The molecule has 2 heteroatoms. The Balaban J connectivity index is 4.49. The summed E-state index contributed by atoms with van der Waals surface area (Å²) in [5, 5.41) is 0. The van der Waals surface area contributed by atoms with Gasteiger partial charge in [0.15, 0.2) is 0 Å². The lowest BCUT2D eigenvalue weighted by molar-refractivity contribution is -0.134. The average Bonchev–Trinajstić information content (AvgIpc) is 2.40. The largest absolute Gasteiger partial charge is 0.466 e. The van der Waals surface area contributed by atoms with Crippen LogP contribution in [0.15, 0.2) is 36.0 Å². The molecule has 0 radical (unpaired) electrons. The smallest absolute Gasteiger partial charge is 0.330 e. The summed E-state index contributed by atoms with van der Waals surface area (Å²) in [5.41, 5.74) is 1.35. The normalized spacial score (nSPS) is 14.3. The Morgan fingerprint density at radius 2 is 1.89 bits per heavy atom. The number of ether oxygens (including phenoxy) is 1. The van der Waals surface area contributed by atoms with E-state index in [0.29, 0.717) is 5.92 Å². The van der Waals surface area contributed by atoms with E-state index in [-0.39, 0.29) is 5.97 Å². The van der Waals surface area contributed by atoms with E-state index in [1.165, 1.54) is 31.6 Å². The molecule has 0 aromatic rings. The minimum atomic E-state index is -0.320. The number of carbonyl (C=O) groups is 1. The zero-order valence-electron chi connectivity index (χ0n) is 12.1. The quantitative estimate of drug-likeness (QED) is 0.275. The van der Waals surface area contributed by atoms with Crippen LogP contribution in [0, 0.1) is 5.92 Å². The molecule has 1 unspecified atom stereocenters. The van der Waals surface area contributed by atoms with Crippen LogP contribution in [0.3, 0.4) is 0 Å². The lowest BCUT2D eigenvalue weighted by Gasteiger charge is -2.09. The van der Waals surface area contributed by atoms with Gasteiger partial charge < -0.3 is 4.74 Å². The highest BCUT2D eigenvalue weighted by molar-refractivity contribution is 5.82. The minimum Gasteiger partial charge on any atom is -0.466 e. The predicted molar refractivity (Wildman–Crippen MR) is 77.4 cm³/mol. The molecule has 0 spiro atoms. The lowest BCUT2D eigenvalue weighted by Crippen LogP contribution is -1.95. The number of hydrogen-bond donors (Lipinski definition) is 0. The van der Waals surface area contributed by atoms with Crippen molar-refractivity contribution in [2.75, 3.05) is 7.11 Å². The molecule has 2 nitrogen and oxygen atoms in total. The highest BCUT2D eigenvalue weighted by Gasteiger charge is 2.02. The molecule has 0 aliphatic heterocycles. The molecule has 0 N–H and O–H groups in total. The van der Waals surface area contributed by atoms with Crippen molar-refractivity contribution in [1.29, 1.82) is 0 Å². The maximum Gasteiger partial charge on any atom is 0.330 e. The second kappa shape index (κ2) is 10.8. The molecule has 0 aliphatic rings. The second-order valence-corrected chi connectivity index (χ2v) is 4.40. The second-order valence-electron chi connectivity index (χ2n) is 4.40. The fourth-order valence-electron chi connectivity index (χ4n) is 1.51. The Kier molecular flexibility index (Phi) is 10.0. The van der Waals surface area contributed by atoms with Crippen molar-refractivity contribution in [1.82, 2.24) is 0 Å². The summed E-state index contributed by atoms with van der Waals surface area (Å²) < 4.78 is 4.53. The van der Waals surface area contributed by atoms with Crippen LogP contribution >= 0.6 is 0 Å². The number of hydrogen-bond acceptors (Lipinski definition) is 2. The topological polar surface area (TPSA) is 26.3 Å². The van der Waals surface area contributed by atoms with E-state index in [4.69, 9.17) is 0 Å². The molecule has 0 amide bonds. The van der Waals surface area contributed by atoms with Gasteiger partial charge in [0.25, 0.3) is 0 Å². The molecule has 1 atom stereocenters. The van der Waals surface area contributed by atoms with Gasteiger partial charge >= 0.3 is 5.97 Å². The Hall–Kier alpha value is -1.31. The Labute approximate surface area is 111 Å². The van der Waals surface area contributed by atoms with Crippen LogP contribution in [0.1, 0.15) is 46.5 Å². The Morgan fingerprint density at radius 1 is 1.22 bits per heavy atom. The molecule has 0 fully saturated rings. The number of carbonyl (C=O) groups excluding carboxylic acids is 1. The van der Waals surface area contributed by atoms with E-state index < -0.39 is 0 Å². The fraction of sp³-hybridized carbons (Fsp3) is 0.562. The van der Waals surface area contributed by atoms with Gasteiger partial charge in [-0.3, -0.25) is 0 Å². The molecule has 0 aromatic carbocycles. The lowest BCUT2D eigenvalue weighted by atomic mass is 9.96. The molecular weight excluding hydrogens is 224 g/mol. The standard InChI is InChI=1S/C16H26O2/c1-5-7-8-11-15(14(3)6-2)12-9-10-13-16(17)18-4/h9-14H,5-8H2,1-4H3/b12-9+,13-10+,15-11-. The van der Waals surface area contributed by atoms with Gasteiger partial charge in [-0.15, -0.1) is 0 Å². The van der Waals surface area contributed by atoms with Gasteiger partial charge in [0.05, 0.1) is 7.11 Å². The van der Waals surface area contributed by atoms with Crippen LogP contribution in [0.4, 0.5) is 0 Å². The van der Waals surface area contributed by atoms with E-state index in [1.807, 2.05) is 6.08 Å². The first kappa shape index (κ1) is 16.7. The molecule has 102 valence electrons. The molecule has 0 heterocycles. The highest BCUT2D eigenvalue weighted by atomic mass is 16.5. The molecular formula is C16H26O2. The maximum absolute atomic E-state index is 10.9. The molecule has 18 heavy (non-hydrogen) atoms. The van der Waals surface area contributed by atoms with Gasteiger partial charge in [0.2, 0.25) is 0 Å². The van der Waals surface area contributed by atoms with E-state index in [1.54, 1.807) is 6.08 Å². The average molecular weight is 250 g/mol. The molecule has 0 bridgehead atoms. The first-order chi connectivity index (χ1) is 8.65. The highest BCUT2D eigenvalue weighted by Crippen LogP contribution is 2.17. The molecule has 0 saturated heterocycles. The summed E-state index contributed by atoms with van der Waals surface area (Å²) in [6.45, 7) is 6.62. The van der Waals surface area contributed by atoms with Gasteiger partial charge in [0, 0.05) is 6.08 Å². The van der Waals surface area contributed by atoms with Crippen molar-refractivity contribution < 1.29 is 9.53 Å². The SMILES string of the molecule is CCCC/C=C(/C=C/C=C/C(=O)OC)C(C)CC. The van der Waals surface area contributed by atoms with Crippen LogP contribution in [0.2, 0.25) is 0 Å². The summed E-state index contributed by atoms with van der Waals surface area (Å²) in [7, 11) is 1.38. The van der Waals surface area contributed by atoms with Gasteiger partial charge in [0.1, 0.15) is 0 Å². The van der Waals surface area contributed by atoms with E-state index in [2.05, 4.69) is 37.7 Å². The van der Waals surface area contributed by atoms with Crippen LogP contribution in [0.5, 0.6) is 0 Å². The fourth-order valence-corrected chi connectivity index (χ4v) is 1.51. The number of allylic oxidation sites excluding steroid dienone is 5. The number of rotatable bonds is 8. The van der Waals surface area contributed by atoms with Crippen molar-refractivity contribution >= 4 is 5.97 Å². The monoisotopic (exact) mass is 250 g/mol. The maximum atomic E-state index is 10.9. The molecule has 0 aromatic heterocycles. The van der Waals surface area contributed by atoms with Crippen LogP contribution < -0.4 is 0 Å². The minimum absolute atomic E-state index is 0.320. The zero-order chi connectivity index (χ0) is 13.8. The van der Waals surface area contributed by atoms with E-state index >= 15 is 0 Å². The van der Waals surface area contributed by atoms with Gasteiger partial charge in [-0.2, -0.15) is 0 Å². The third-order valence-corrected chi connectivity index (χ3v) is 2.95. The number of unbranched alkanes of at least 4 members (excludes halogenated alkanes) is 2. The molecule has 0 aliphatic carbocycles. The van der Waals surface area contributed by atoms with Crippen LogP contribution in [-0.4, -0.2) is 13.1 Å². The zero-order valence-corrected chi connectivity index (χ0v) is 12.1. The summed E-state index contributed by atoms with van der Waals surface area (Å²) in [6, 6.07) is 0. The van der Waals surface area contributed by atoms with Crippen LogP contribution in [-0.2, 0) is 9.53 Å². The first-order valence-electron chi connectivity index (χ1n) is 6.78. The summed E-state index contributed by atoms with van der Waals surface area (Å²) in [4.78, 5) is 10.9. The van der Waals surface area contributed by atoms with Crippen LogP contribution in [0.25, 0.3) is 0 Å². The molecule has 0 saturated carbocycles. The van der Waals surface area contributed by atoms with Crippen molar-refractivity contribution in [2.24, 2.45) is 5.92 Å². The third kappa shape index (κ3) is 7.88.